The minimum absolute atomic E-state index is 0.108. The largest absolute Gasteiger partial charge is 0.481 e. The number of amides is 1. The van der Waals surface area contributed by atoms with Gasteiger partial charge in [0, 0.05) is 13.1 Å². The van der Waals surface area contributed by atoms with Crippen LogP contribution in [0.15, 0.2) is 36.9 Å². The molecule has 1 rings (SSSR count). The molecule has 0 aliphatic rings. The molecule has 0 saturated carbocycles. The molecule has 5 nitrogen and oxygen atoms in total. The fourth-order valence-corrected chi connectivity index (χ4v) is 1.69. The minimum Gasteiger partial charge on any atom is -0.481 e. The van der Waals surface area contributed by atoms with Gasteiger partial charge in [0.2, 0.25) is 0 Å². The van der Waals surface area contributed by atoms with Crippen molar-refractivity contribution in [2.45, 2.75) is 13.0 Å². The van der Waals surface area contributed by atoms with E-state index in [0.29, 0.717) is 17.9 Å². The summed E-state index contributed by atoms with van der Waals surface area (Å²) in [5.74, 6) is 0.302. The molecule has 0 saturated heterocycles. The van der Waals surface area contributed by atoms with Crippen LogP contribution < -0.4 is 4.74 Å². The highest BCUT2D eigenvalue weighted by atomic mass is 16.5. The Labute approximate surface area is 118 Å². The maximum Gasteiger partial charge on any atom is 0.263 e. The molecule has 0 bridgehead atoms. The van der Waals surface area contributed by atoms with E-state index < -0.39 is 6.10 Å². The lowest BCUT2D eigenvalue weighted by Gasteiger charge is -2.24. The first kappa shape index (κ1) is 15.7. The molecule has 0 radical (unpaired) electrons. The fourth-order valence-electron chi connectivity index (χ4n) is 1.69. The number of nitriles is 1. The van der Waals surface area contributed by atoms with Gasteiger partial charge >= 0.3 is 0 Å². The lowest BCUT2D eigenvalue weighted by Crippen LogP contribution is -2.42. The van der Waals surface area contributed by atoms with E-state index in [0.717, 1.165) is 0 Å². The number of aliphatic hydroxyl groups excluding tert-OH is 1. The molecule has 0 aliphatic heterocycles. The van der Waals surface area contributed by atoms with Gasteiger partial charge in [0.25, 0.3) is 5.91 Å². The van der Waals surface area contributed by atoms with Gasteiger partial charge in [0.1, 0.15) is 5.75 Å². The summed E-state index contributed by atoms with van der Waals surface area (Å²) in [5, 5.41) is 17.6. The van der Waals surface area contributed by atoms with E-state index >= 15 is 0 Å². The molecule has 1 unspecified atom stereocenters. The summed E-state index contributed by atoms with van der Waals surface area (Å²) in [4.78, 5) is 13.6. The third kappa shape index (κ3) is 4.41. The van der Waals surface area contributed by atoms with Crippen LogP contribution in [0.4, 0.5) is 0 Å². The number of nitrogens with zero attached hydrogens (tertiary/aromatic N) is 2. The number of carbonyl (C=O) groups excluding carboxylic acids is 1. The lowest BCUT2D eigenvalue weighted by molar-refractivity contribution is -0.137. The van der Waals surface area contributed by atoms with Crippen molar-refractivity contribution in [3.8, 4) is 11.8 Å². The lowest BCUT2D eigenvalue weighted by atomic mass is 10.2. The van der Waals surface area contributed by atoms with Crippen molar-refractivity contribution < 1.29 is 14.6 Å². The van der Waals surface area contributed by atoms with Gasteiger partial charge < -0.3 is 14.7 Å². The van der Waals surface area contributed by atoms with Crippen molar-refractivity contribution in [2.75, 3.05) is 19.7 Å². The van der Waals surface area contributed by atoms with Crippen LogP contribution in [-0.2, 0) is 4.79 Å². The van der Waals surface area contributed by atoms with Crippen LogP contribution in [0.25, 0.3) is 0 Å². The summed E-state index contributed by atoms with van der Waals surface area (Å²) in [6.07, 6.45) is 0.927. The Bertz CT molecular complexity index is 491. The highest BCUT2D eigenvalue weighted by Crippen LogP contribution is 2.14. The van der Waals surface area contributed by atoms with Gasteiger partial charge in [-0.25, -0.2) is 0 Å². The van der Waals surface area contributed by atoms with E-state index in [1.54, 1.807) is 37.3 Å². The SMILES string of the molecule is C=CCN(CCO)C(=O)C(C)Oc1ccc(C#N)cc1. The number of carbonyl (C=O) groups is 1. The summed E-state index contributed by atoms with van der Waals surface area (Å²) in [5.41, 5.74) is 0.532. The van der Waals surface area contributed by atoms with Gasteiger partial charge in [-0.3, -0.25) is 4.79 Å². The summed E-state index contributed by atoms with van der Waals surface area (Å²) in [7, 11) is 0. The zero-order valence-corrected chi connectivity index (χ0v) is 11.5. The Morgan fingerprint density at radius 2 is 2.20 bits per heavy atom. The minimum atomic E-state index is -0.672. The summed E-state index contributed by atoms with van der Waals surface area (Å²) in [6.45, 7) is 5.72. The van der Waals surface area contributed by atoms with E-state index in [-0.39, 0.29) is 19.1 Å². The van der Waals surface area contributed by atoms with E-state index in [4.69, 9.17) is 15.1 Å². The summed E-state index contributed by atoms with van der Waals surface area (Å²) < 4.78 is 5.53. The molecule has 1 aromatic carbocycles. The van der Waals surface area contributed by atoms with E-state index in [9.17, 15) is 4.79 Å². The van der Waals surface area contributed by atoms with Crippen LogP contribution in [0.3, 0.4) is 0 Å². The normalized spacial score (nSPS) is 11.2. The third-order valence-corrected chi connectivity index (χ3v) is 2.68. The molecule has 20 heavy (non-hydrogen) atoms. The van der Waals surface area contributed by atoms with Crippen LogP contribution in [-0.4, -0.2) is 41.7 Å². The Kier molecular flexibility index (Phi) is 6.27. The molecule has 1 atom stereocenters. The first-order valence-electron chi connectivity index (χ1n) is 6.29. The zero-order valence-electron chi connectivity index (χ0n) is 11.5. The molecule has 1 aromatic rings. The van der Waals surface area contributed by atoms with Crippen LogP contribution in [0.2, 0.25) is 0 Å². The number of hydrogen-bond acceptors (Lipinski definition) is 4. The highest BCUT2D eigenvalue weighted by Gasteiger charge is 2.20. The molecule has 0 aliphatic carbocycles. The Hall–Kier alpha value is -2.32. The van der Waals surface area contributed by atoms with Gasteiger partial charge in [-0.05, 0) is 31.2 Å². The highest BCUT2D eigenvalue weighted by molar-refractivity contribution is 5.81. The number of hydrogen-bond donors (Lipinski definition) is 1. The van der Waals surface area contributed by atoms with Crippen LogP contribution in [0.5, 0.6) is 5.75 Å². The molecule has 0 heterocycles. The topological polar surface area (TPSA) is 73.6 Å². The van der Waals surface area contributed by atoms with Gasteiger partial charge in [-0.2, -0.15) is 5.26 Å². The molecule has 0 aromatic heterocycles. The van der Waals surface area contributed by atoms with Crippen molar-refractivity contribution in [3.63, 3.8) is 0 Å². The number of aliphatic hydroxyl groups is 1. The maximum absolute atomic E-state index is 12.1. The van der Waals surface area contributed by atoms with Crippen LogP contribution in [0.1, 0.15) is 12.5 Å². The van der Waals surface area contributed by atoms with Crippen molar-refractivity contribution in [1.29, 1.82) is 5.26 Å². The van der Waals surface area contributed by atoms with E-state index in [1.165, 1.54) is 4.90 Å². The molecule has 1 N–H and O–H groups in total. The van der Waals surface area contributed by atoms with Crippen LogP contribution >= 0.6 is 0 Å². The monoisotopic (exact) mass is 274 g/mol. The molecule has 106 valence electrons. The van der Waals surface area contributed by atoms with Gasteiger partial charge in [0.15, 0.2) is 6.10 Å². The van der Waals surface area contributed by atoms with Crippen LogP contribution in [0, 0.1) is 11.3 Å². The molecule has 0 spiro atoms. The average Bonchev–Trinajstić information content (AvgIpc) is 2.47. The Morgan fingerprint density at radius 1 is 1.55 bits per heavy atom. The summed E-state index contributed by atoms with van der Waals surface area (Å²) in [6, 6.07) is 8.56. The number of benzene rings is 1. The third-order valence-electron chi connectivity index (χ3n) is 2.68. The average molecular weight is 274 g/mol. The second-order valence-electron chi connectivity index (χ2n) is 4.19. The summed E-state index contributed by atoms with van der Waals surface area (Å²) >= 11 is 0. The van der Waals surface area contributed by atoms with Crippen molar-refractivity contribution in [1.82, 2.24) is 4.90 Å². The van der Waals surface area contributed by atoms with E-state index in [2.05, 4.69) is 6.58 Å². The predicted octanol–water partition coefficient (Wildman–Crippen LogP) is 1.33. The standard InChI is InChI=1S/C15H18N2O3/c1-3-8-17(9-10-18)15(19)12(2)20-14-6-4-13(11-16)5-7-14/h3-7,12,18H,1,8-10H2,2H3. The smallest absolute Gasteiger partial charge is 0.263 e. The Balaban J connectivity index is 2.67. The molecular formula is C15H18N2O3. The fraction of sp³-hybridized carbons (Fsp3) is 0.333. The first-order chi connectivity index (χ1) is 9.62. The number of ether oxygens (including phenoxy) is 1. The molecular weight excluding hydrogens is 256 g/mol. The van der Waals surface area contributed by atoms with Gasteiger partial charge in [-0.1, -0.05) is 6.08 Å². The number of rotatable bonds is 7. The van der Waals surface area contributed by atoms with Crippen molar-refractivity contribution >= 4 is 5.91 Å². The van der Waals surface area contributed by atoms with Crippen molar-refractivity contribution in [3.05, 3.63) is 42.5 Å². The second kappa shape index (κ2) is 7.97. The second-order valence-corrected chi connectivity index (χ2v) is 4.19. The molecule has 1 amide bonds. The van der Waals surface area contributed by atoms with Gasteiger partial charge in [-0.15, -0.1) is 6.58 Å². The molecule has 5 heteroatoms. The quantitative estimate of drug-likeness (QED) is 0.761. The Morgan fingerprint density at radius 3 is 2.70 bits per heavy atom. The molecule has 0 fully saturated rings. The maximum atomic E-state index is 12.1. The van der Waals surface area contributed by atoms with Gasteiger partial charge in [0.05, 0.1) is 18.2 Å². The first-order valence-corrected chi connectivity index (χ1v) is 6.29. The zero-order chi connectivity index (χ0) is 15.0. The van der Waals surface area contributed by atoms with E-state index in [1.807, 2.05) is 6.07 Å². The van der Waals surface area contributed by atoms with Crippen molar-refractivity contribution in [2.24, 2.45) is 0 Å². The predicted molar refractivity (Wildman–Crippen MR) is 75.1 cm³/mol.